The second-order valence-corrected chi connectivity index (χ2v) is 13.6. The highest BCUT2D eigenvalue weighted by Crippen LogP contribution is 2.18. The first-order valence-electron chi connectivity index (χ1n) is 19.7. The molecule has 0 spiro atoms. The number of esters is 1. The summed E-state index contributed by atoms with van der Waals surface area (Å²) < 4.78 is 6.00. The second kappa shape index (κ2) is 34.2. The summed E-state index contributed by atoms with van der Waals surface area (Å²) in [4.78, 5) is 29.2. The van der Waals surface area contributed by atoms with Gasteiger partial charge in [-0.2, -0.15) is 0 Å². The van der Waals surface area contributed by atoms with Crippen LogP contribution in [-0.2, 0) is 14.3 Å². The van der Waals surface area contributed by atoms with Crippen LogP contribution in [0.5, 0.6) is 0 Å². The lowest BCUT2D eigenvalue weighted by Gasteiger charge is -2.21. The van der Waals surface area contributed by atoms with Crippen LogP contribution in [0.15, 0.2) is 0 Å². The highest BCUT2D eigenvalue weighted by atomic mass is 16.5. The van der Waals surface area contributed by atoms with Gasteiger partial charge in [0, 0.05) is 33.0 Å². The van der Waals surface area contributed by atoms with Gasteiger partial charge in [0.15, 0.2) is 0 Å². The van der Waals surface area contributed by atoms with Gasteiger partial charge in [0.1, 0.15) is 6.10 Å². The molecule has 45 heavy (non-hydrogen) atoms. The summed E-state index contributed by atoms with van der Waals surface area (Å²) in [6, 6.07) is 0. The Bertz CT molecular complexity index is 629. The van der Waals surface area contributed by atoms with Crippen molar-refractivity contribution >= 4 is 11.9 Å². The smallest absolute Gasteiger partial charge is 0.306 e. The zero-order chi connectivity index (χ0) is 33.2. The van der Waals surface area contributed by atoms with E-state index in [1.807, 2.05) is 11.9 Å². The summed E-state index contributed by atoms with van der Waals surface area (Å²) in [7, 11) is 1.93. The van der Waals surface area contributed by atoms with E-state index in [-0.39, 0.29) is 24.6 Å². The van der Waals surface area contributed by atoms with E-state index in [1.165, 1.54) is 89.9 Å². The van der Waals surface area contributed by atoms with Crippen molar-refractivity contribution in [1.29, 1.82) is 0 Å². The van der Waals surface area contributed by atoms with Crippen molar-refractivity contribution < 1.29 is 19.4 Å². The molecule has 0 aromatic carbocycles. The van der Waals surface area contributed by atoms with Gasteiger partial charge in [-0.25, -0.2) is 0 Å². The molecule has 0 aliphatic rings. The number of aliphatic hydroxyl groups excluding tert-OH is 1. The minimum atomic E-state index is 0.0101. The van der Waals surface area contributed by atoms with Crippen LogP contribution in [0.4, 0.5) is 0 Å². The Balaban J connectivity index is 4.09. The molecular formula is C39H78N2O4. The molecule has 0 bridgehead atoms. The van der Waals surface area contributed by atoms with Gasteiger partial charge in [-0.3, -0.25) is 9.59 Å². The molecule has 0 rings (SSSR count). The second-order valence-electron chi connectivity index (χ2n) is 13.6. The Hall–Kier alpha value is -1.14. The van der Waals surface area contributed by atoms with Gasteiger partial charge in [0.25, 0.3) is 0 Å². The van der Waals surface area contributed by atoms with E-state index < -0.39 is 0 Å². The summed E-state index contributed by atoms with van der Waals surface area (Å²) in [6.45, 7) is 10.5. The SMILES string of the molecule is CCCCCCCCC(CCCCCCCC)OC(=O)CCCCCCCN(CCO)CCCCCC(=O)N(C)CCCCC. The van der Waals surface area contributed by atoms with Crippen LogP contribution in [0.25, 0.3) is 0 Å². The van der Waals surface area contributed by atoms with Crippen LogP contribution in [-0.4, -0.2) is 72.7 Å². The van der Waals surface area contributed by atoms with Gasteiger partial charge in [0.05, 0.1) is 6.61 Å². The number of ether oxygens (including phenoxy) is 1. The molecular weight excluding hydrogens is 560 g/mol. The molecule has 0 heterocycles. The average Bonchev–Trinajstić information content (AvgIpc) is 3.03. The van der Waals surface area contributed by atoms with Crippen molar-refractivity contribution in [3.05, 3.63) is 0 Å². The third kappa shape index (κ3) is 30.0. The summed E-state index contributed by atoms with van der Waals surface area (Å²) in [5.74, 6) is 0.281. The van der Waals surface area contributed by atoms with Crippen molar-refractivity contribution in [2.75, 3.05) is 39.8 Å². The quantitative estimate of drug-likeness (QED) is 0.0552. The number of hydrogen-bond acceptors (Lipinski definition) is 5. The van der Waals surface area contributed by atoms with Crippen molar-refractivity contribution in [2.24, 2.45) is 0 Å². The number of nitrogens with zero attached hydrogens (tertiary/aromatic N) is 2. The number of hydrogen-bond donors (Lipinski definition) is 1. The largest absolute Gasteiger partial charge is 0.462 e. The minimum absolute atomic E-state index is 0.0101. The van der Waals surface area contributed by atoms with Crippen molar-refractivity contribution in [3.8, 4) is 0 Å². The highest BCUT2D eigenvalue weighted by molar-refractivity contribution is 5.75. The standard InChI is InChI=1S/C39H78N2O4/c1-5-8-11-13-16-21-28-37(29-22-17-14-12-9-6-2)45-39(44)31-24-18-15-19-26-33-41(35-36-42)34-27-20-23-30-38(43)40(4)32-25-10-7-3/h37,42H,5-36H2,1-4H3. The van der Waals surface area contributed by atoms with E-state index >= 15 is 0 Å². The summed E-state index contributed by atoms with van der Waals surface area (Å²) in [5.41, 5.74) is 0. The zero-order valence-corrected chi connectivity index (χ0v) is 30.8. The van der Waals surface area contributed by atoms with Gasteiger partial charge in [-0.1, -0.05) is 124 Å². The first kappa shape index (κ1) is 43.9. The van der Waals surface area contributed by atoms with Crippen LogP contribution in [0.2, 0.25) is 0 Å². The molecule has 0 aliphatic heterocycles. The monoisotopic (exact) mass is 639 g/mol. The van der Waals surface area contributed by atoms with Gasteiger partial charge < -0.3 is 19.6 Å². The van der Waals surface area contributed by atoms with Crippen LogP contribution in [0.3, 0.4) is 0 Å². The van der Waals surface area contributed by atoms with Crippen LogP contribution in [0.1, 0.15) is 194 Å². The molecule has 0 aliphatic carbocycles. The molecule has 0 radical (unpaired) electrons. The van der Waals surface area contributed by atoms with E-state index in [0.717, 1.165) is 96.8 Å². The molecule has 0 unspecified atom stereocenters. The molecule has 0 aromatic rings. The fourth-order valence-corrected chi connectivity index (χ4v) is 6.13. The van der Waals surface area contributed by atoms with Gasteiger partial charge in [-0.05, 0) is 70.9 Å². The van der Waals surface area contributed by atoms with E-state index in [0.29, 0.717) is 12.8 Å². The fraction of sp³-hybridized carbons (Fsp3) is 0.949. The molecule has 0 aromatic heterocycles. The van der Waals surface area contributed by atoms with E-state index in [2.05, 4.69) is 25.7 Å². The highest BCUT2D eigenvalue weighted by Gasteiger charge is 2.14. The summed E-state index contributed by atoms with van der Waals surface area (Å²) in [6.07, 6.45) is 30.8. The molecule has 0 fully saturated rings. The number of unbranched alkanes of at least 4 members (excludes halogenated alkanes) is 18. The molecule has 0 saturated heterocycles. The predicted molar refractivity (Wildman–Crippen MR) is 193 cm³/mol. The Labute approximate surface area is 280 Å². The molecule has 6 nitrogen and oxygen atoms in total. The maximum atomic E-state index is 12.6. The minimum Gasteiger partial charge on any atom is -0.462 e. The lowest BCUT2D eigenvalue weighted by molar-refractivity contribution is -0.150. The Kier molecular flexibility index (Phi) is 33.3. The Morgan fingerprint density at radius 2 is 0.956 bits per heavy atom. The fourth-order valence-electron chi connectivity index (χ4n) is 6.13. The van der Waals surface area contributed by atoms with Crippen molar-refractivity contribution in [2.45, 2.75) is 200 Å². The number of carbonyl (C=O) groups excluding carboxylic acids is 2. The van der Waals surface area contributed by atoms with E-state index in [1.54, 1.807) is 0 Å². The number of carbonyl (C=O) groups is 2. The number of amides is 1. The average molecular weight is 639 g/mol. The number of rotatable bonds is 35. The molecule has 6 heteroatoms. The Morgan fingerprint density at radius 1 is 0.533 bits per heavy atom. The zero-order valence-electron chi connectivity index (χ0n) is 30.8. The van der Waals surface area contributed by atoms with Crippen LogP contribution < -0.4 is 0 Å². The van der Waals surface area contributed by atoms with E-state index in [4.69, 9.17) is 4.74 Å². The molecule has 1 N–H and O–H groups in total. The number of aliphatic hydroxyl groups is 1. The predicted octanol–water partition coefficient (Wildman–Crippen LogP) is 10.2. The third-order valence-electron chi connectivity index (χ3n) is 9.22. The van der Waals surface area contributed by atoms with E-state index in [9.17, 15) is 14.7 Å². The molecule has 268 valence electrons. The molecule has 1 amide bonds. The van der Waals surface area contributed by atoms with Crippen LogP contribution >= 0.6 is 0 Å². The van der Waals surface area contributed by atoms with Gasteiger partial charge >= 0.3 is 5.97 Å². The third-order valence-corrected chi connectivity index (χ3v) is 9.22. The lowest BCUT2D eigenvalue weighted by Crippen LogP contribution is -2.29. The Morgan fingerprint density at radius 3 is 1.51 bits per heavy atom. The molecule has 0 saturated carbocycles. The van der Waals surface area contributed by atoms with Crippen molar-refractivity contribution in [1.82, 2.24) is 9.80 Å². The first-order chi connectivity index (χ1) is 22.0. The lowest BCUT2D eigenvalue weighted by atomic mass is 10.0. The summed E-state index contributed by atoms with van der Waals surface area (Å²) >= 11 is 0. The maximum absolute atomic E-state index is 12.6. The van der Waals surface area contributed by atoms with Crippen molar-refractivity contribution in [3.63, 3.8) is 0 Å². The van der Waals surface area contributed by atoms with Gasteiger partial charge in [0.2, 0.25) is 5.91 Å². The van der Waals surface area contributed by atoms with Gasteiger partial charge in [-0.15, -0.1) is 0 Å². The van der Waals surface area contributed by atoms with Crippen LogP contribution in [0, 0.1) is 0 Å². The first-order valence-corrected chi connectivity index (χ1v) is 19.7. The summed E-state index contributed by atoms with van der Waals surface area (Å²) in [5, 5.41) is 9.50. The maximum Gasteiger partial charge on any atom is 0.306 e. The normalized spacial score (nSPS) is 11.5. The topological polar surface area (TPSA) is 70.1 Å². The molecule has 0 atom stereocenters.